The number of aliphatic hydroxyl groups is 1. The fourth-order valence-corrected chi connectivity index (χ4v) is 0.424. The molecule has 1 unspecified atom stereocenters. The van der Waals surface area contributed by atoms with E-state index >= 15 is 0 Å². The van der Waals surface area contributed by atoms with E-state index in [-0.39, 0.29) is 0 Å². The summed E-state index contributed by atoms with van der Waals surface area (Å²) in [7, 11) is -4.07. The second-order valence-electron chi connectivity index (χ2n) is 1.26. The molecule has 1 atom stereocenters. The van der Waals surface area contributed by atoms with Gasteiger partial charge in [0.05, 0.1) is 0 Å². The summed E-state index contributed by atoms with van der Waals surface area (Å²) < 4.78 is 0. The molecule has 0 bridgehead atoms. The summed E-state index contributed by atoms with van der Waals surface area (Å²) >= 11 is 0. The highest BCUT2D eigenvalue weighted by Crippen LogP contribution is 2.49. The van der Waals surface area contributed by atoms with Crippen LogP contribution >= 0.6 is 7.94 Å². The lowest BCUT2D eigenvalue weighted by Gasteiger charge is -2.04. The van der Waals surface area contributed by atoms with Crippen molar-refractivity contribution in [1.82, 2.24) is 0 Å². The van der Waals surface area contributed by atoms with Crippen LogP contribution < -0.4 is 0 Å². The lowest BCUT2D eigenvalue weighted by Crippen LogP contribution is -2.07. The van der Waals surface area contributed by atoms with Crippen molar-refractivity contribution in [1.29, 1.82) is 0 Å². The van der Waals surface area contributed by atoms with Crippen LogP contribution in [0.5, 0.6) is 0 Å². The molecule has 0 aromatic rings. The van der Waals surface area contributed by atoms with E-state index in [1.54, 1.807) is 0 Å². The largest absolute Gasteiger partial charge is 0.439 e. The SMILES string of the molecule is C=CC(O)[P+](O)(O)O. The number of hydrogen-bond acceptors (Lipinski definition) is 4. The predicted molar refractivity (Wildman–Crippen MR) is 29.8 cm³/mol. The predicted octanol–water partition coefficient (Wildman–Crippen LogP) is -0.770. The van der Waals surface area contributed by atoms with Crippen molar-refractivity contribution in [2.24, 2.45) is 0 Å². The van der Waals surface area contributed by atoms with Gasteiger partial charge in [-0.1, -0.05) is 6.58 Å². The molecule has 5 heteroatoms. The van der Waals surface area contributed by atoms with Gasteiger partial charge in [0.2, 0.25) is 0 Å². The highest BCUT2D eigenvalue weighted by atomic mass is 31.2. The highest BCUT2D eigenvalue weighted by molar-refractivity contribution is 7.59. The van der Waals surface area contributed by atoms with E-state index in [2.05, 4.69) is 6.58 Å². The number of rotatable bonds is 2. The Morgan fingerprint density at radius 2 is 1.75 bits per heavy atom. The van der Waals surface area contributed by atoms with Crippen LogP contribution in [0.4, 0.5) is 0 Å². The zero-order chi connectivity index (χ0) is 6.78. The molecule has 0 aliphatic heterocycles. The minimum atomic E-state index is -4.07. The molecule has 0 spiro atoms. The zero-order valence-corrected chi connectivity index (χ0v) is 4.99. The van der Waals surface area contributed by atoms with Gasteiger partial charge in [0, 0.05) is 0 Å². The van der Waals surface area contributed by atoms with Crippen molar-refractivity contribution in [3.63, 3.8) is 0 Å². The topological polar surface area (TPSA) is 80.9 Å². The minimum absolute atomic E-state index is 0.855. The Morgan fingerprint density at radius 3 is 1.75 bits per heavy atom. The van der Waals surface area contributed by atoms with Gasteiger partial charge < -0.3 is 5.11 Å². The first-order chi connectivity index (χ1) is 3.48. The van der Waals surface area contributed by atoms with Gasteiger partial charge in [0.25, 0.3) is 5.85 Å². The Morgan fingerprint density at radius 1 is 1.38 bits per heavy atom. The number of aliphatic hydroxyl groups excluding tert-OH is 1. The Kier molecular flexibility index (Phi) is 2.53. The van der Waals surface area contributed by atoms with E-state index in [1.807, 2.05) is 0 Å². The fourth-order valence-electron chi connectivity index (χ4n) is 0.141. The molecule has 0 aliphatic rings. The van der Waals surface area contributed by atoms with Gasteiger partial charge in [0.1, 0.15) is 0 Å². The summed E-state index contributed by atoms with van der Waals surface area (Å²) in [4.78, 5) is 24.6. The average Bonchev–Trinajstić information content (AvgIpc) is 1.62. The van der Waals surface area contributed by atoms with E-state index in [9.17, 15) is 0 Å². The standard InChI is InChI=1S/C3H8O4P/c1-2-3(4)8(5,6)7/h2-7H,1H2/q+1. The van der Waals surface area contributed by atoms with Gasteiger partial charge in [-0.05, 0) is 6.08 Å². The third kappa shape index (κ3) is 2.35. The summed E-state index contributed by atoms with van der Waals surface area (Å²) in [6.07, 6.45) is 0.855. The van der Waals surface area contributed by atoms with Gasteiger partial charge in [0.15, 0.2) is 0 Å². The molecule has 0 saturated heterocycles. The van der Waals surface area contributed by atoms with Crippen molar-refractivity contribution < 1.29 is 19.8 Å². The van der Waals surface area contributed by atoms with Crippen LogP contribution in [0.3, 0.4) is 0 Å². The van der Waals surface area contributed by atoms with Crippen molar-refractivity contribution >= 4 is 7.94 Å². The third-order valence-corrected chi connectivity index (χ3v) is 1.49. The Labute approximate surface area is 47.3 Å². The maximum absolute atomic E-state index is 8.38. The summed E-state index contributed by atoms with van der Waals surface area (Å²) in [5.74, 6) is -1.61. The highest BCUT2D eigenvalue weighted by Gasteiger charge is 2.38. The van der Waals surface area contributed by atoms with Gasteiger partial charge in [-0.3, -0.25) is 0 Å². The number of hydrogen-bond donors (Lipinski definition) is 4. The molecule has 0 aromatic heterocycles. The quantitative estimate of drug-likeness (QED) is 0.299. The van der Waals surface area contributed by atoms with Gasteiger partial charge in [-0.2, -0.15) is 14.7 Å². The molecule has 0 saturated carbocycles. The molecule has 0 aromatic carbocycles. The smallest absolute Gasteiger partial charge is 0.350 e. The second-order valence-corrected chi connectivity index (χ2v) is 3.02. The van der Waals surface area contributed by atoms with Crippen molar-refractivity contribution in [3.05, 3.63) is 12.7 Å². The summed E-state index contributed by atoms with van der Waals surface area (Å²) in [5, 5.41) is 8.38. The van der Waals surface area contributed by atoms with Crippen LogP contribution in [0, 0.1) is 0 Å². The van der Waals surface area contributed by atoms with Gasteiger partial charge >= 0.3 is 7.94 Å². The molecule has 0 radical (unpaired) electrons. The normalized spacial score (nSPS) is 15.5. The Balaban J connectivity index is 3.80. The lowest BCUT2D eigenvalue weighted by molar-refractivity contribution is 0.214. The first-order valence-corrected chi connectivity index (χ1v) is 3.57. The minimum Gasteiger partial charge on any atom is -0.350 e. The van der Waals surface area contributed by atoms with E-state index < -0.39 is 13.8 Å². The fraction of sp³-hybridized carbons (Fsp3) is 0.333. The summed E-state index contributed by atoms with van der Waals surface area (Å²) in [5.41, 5.74) is 0. The molecule has 0 fully saturated rings. The molecular formula is C3H8O4P+. The van der Waals surface area contributed by atoms with Crippen LogP contribution in [-0.2, 0) is 0 Å². The molecule has 0 heterocycles. The van der Waals surface area contributed by atoms with Crippen LogP contribution in [0.15, 0.2) is 12.7 Å². The van der Waals surface area contributed by atoms with E-state index in [4.69, 9.17) is 19.8 Å². The molecule has 0 aliphatic carbocycles. The van der Waals surface area contributed by atoms with Crippen molar-refractivity contribution in [2.75, 3.05) is 0 Å². The van der Waals surface area contributed by atoms with Crippen molar-refractivity contribution in [3.8, 4) is 0 Å². The Hall–Kier alpha value is 0.0100. The summed E-state index contributed by atoms with van der Waals surface area (Å²) in [6, 6.07) is 0. The molecule has 4 nitrogen and oxygen atoms in total. The van der Waals surface area contributed by atoms with Gasteiger partial charge in [-0.25, -0.2) is 0 Å². The van der Waals surface area contributed by atoms with Crippen LogP contribution in [0.25, 0.3) is 0 Å². The maximum atomic E-state index is 8.38. The van der Waals surface area contributed by atoms with Crippen LogP contribution in [0.1, 0.15) is 0 Å². The Bertz CT molecular complexity index is 85.8. The second kappa shape index (κ2) is 2.53. The molecule has 8 heavy (non-hydrogen) atoms. The van der Waals surface area contributed by atoms with Crippen LogP contribution in [-0.4, -0.2) is 25.6 Å². The third-order valence-electron chi connectivity index (χ3n) is 0.566. The van der Waals surface area contributed by atoms with E-state index in [0.717, 1.165) is 6.08 Å². The van der Waals surface area contributed by atoms with E-state index in [0.29, 0.717) is 0 Å². The first-order valence-electron chi connectivity index (χ1n) is 1.86. The average molecular weight is 139 g/mol. The molecule has 0 amide bonds. The van der Waals surface area contributed by atoms with Crippen LogP contribution in [0.2, 0.25) is 0 Å². The van der Waals surface area contributed by atoms with Crippen molar-refractivity contribution in [2.45, 2.75) is 5.85 Å². The summed E-state index contributed by atoms with van der Waals surface area (Å²) in [6.45, 7) is 3.02. The molecular weight excluding hydrogens is 131 g/mol. The molecule has 48 valence electrons. The van der Waals surface area contributed by atoms with E-state index in [1.165, 1.54) is 0 Å². The lowest BCUT2D eigenvalue weighted by atomic mass is 10.7. The molecule has 0 rings (SSSR count). The monoisotopic (exact) mass is 139 g/mol. The zero-order valence-electron chi connectivity index (χ0n) is 4.10. The first kappa shape index (κ1) is 8.01. The molecule has 4 N–H and O–H groups in total. The van der Waals surface area contributed by atoms with Gasteiger partial charge in [-0.15, -0.1) is 0 Å². The maximum Gasteiger partial charge on any atom is 0.439 e.